The van der Waals surface area contributed by atoms with Crippen LogP contribution in [-0.4, -0.2) is 41.2 Å². The molecule has 0 unspecified atom stereocenters. The lowest BCUT2D eigenvalue weighted by atomic mass is 9.97. The van der Waals surface area contributed by atoms with Crippen LogP contribution >= 0.6 is 0 Å². The normalized spacial score (nSPS) is 12.9. The Labute approximate surface area is 238 Å². The number of fused-ring (bicyclic) bond motifs is 3. The number of hydrogen-bond donors (Lipinski definition) is 3. The molecule has 0 bridgehead atoms. The van der Waals surface area contributed by atoms with Gasteiger partial charge >= 0.3 is 5.69 Å². The lowest BCUT2D eigenvalue weighted by Crippen LogP contribution is -2.44. The quantitative estimate of drug-likeness (QED) is 0.206. The van der Waals surface area contributed by atoms with Gasteiger partial charge in [0.15, 0.2) is 11.5 Å². The van der Waals surface area contributed by atoms with Crippen molar-refractivity contribution in [1.82, 2.24) is 14.5 Å². The molecular weight excluding hydrogens is 524 g/mol. The number of amides is 2. The number of benzene rings is 2. The Morgan fingerprint density at radius 2 is 1.80 bits per heavy atom. The van der Waals surface area contributed by atoms with Crippen molar-refractivity contribution in [1.29, 1.82) is 0 Å². The summed E-state index contributed by atoms with van der Waals surface area (Å²) < 4.78 is 14.6. The average molecular weight is 561 g/mol. The monoisotopic (exact) mass is 560 g/mol. The molecule has 11 nitrogen and oxygen atoms in total. The van der Waals surface area contributed by atoms with E-state index in [0.717, 1.165) is 39.7 Å². The summed E-state index contributed by atoms with van der Waals surface area (Å²) in [7, 11) is 1.58. The zero-order valence-corrected chi connectivity index (χ0v) is 24.0. The first-order chi connectivity index (χ1) is 19.6. The topological polar surface area (TPSA) is 156 Å². The fourth-order valence-electron chi connectivity index (χ4n) is 5.18. The van der Waals surface area contributed by atoms with Crippen LogP contribution in [0.25, 0.3) is 11.3 Å². The molecule has 0 aliphatic carbocycles. The van der Waals surface area contributed by atoms with E-state index in [1.807, 2.05) is 58.0 Å². The molecule has 0 spiro atoms. The van der Waals surface area contributed by atoms with Gasteiger partial charge in [0.05, 0.1) is 25.1 Å². The molecule has 4 rings (SSSR count). The number of carbonyl (C=O) groups is 2. The van der Waals surface area contributed by atoms with Gasteiger partial charge in [-0.2, -0.15) is 0 Å². The van der Waals surface area contributed by atoms with Crippen molar-refractivity contribution in [3.05, 3.63) is 80.3 Å². The molecule has 2 aromatic carbocycles. The number of rotatable bonds is 9. The zero-order valence-electron chi connectivity index (χ0n) is 24.0. The van der Waals surface area contributed by atoms with Gasteiger partial charge < -0.3 is 26.3 Å². The number of carbonyl (C=O) groups excluding carboxylic acids is 2. The third-order valence-electron chi connectivity index (χ3n) is 7.02. The average Bonchev–Trinajstić information content (AvgIpc) is 2.92. The fraction of sp³-hybridized carbons (Fsp3) is 0.333. The van der Waals surface area contributed by atoms with E-state index < -0.39 is 11.8 Å². The molecule has 2 heterocycles. The van der Waals surface area contributed by atoms with Crippen LogP contribution in [0.1, 0.15) is 29.2 Å². The van der Waals surface area contributed by atoms with Gasteiger partial charge in [-0.1, -0.05) is 17.7 Å². The van der Waals surface area contributed by atoms with Crippen molar-refractivity contribution in [2.75, 3.05) is 20.3 Å². The van der Waals surface area contributed by atoms with Crippen molar-refractivity contribution >= 4 is 17.5 Å². The maximum absolute atomic E-state index is 13.9. The van der Waals surface area contributed by atoms with Crippen LogP contribution in [0.5, 0.6) is 11.5 Å². The molecule has 11 heteroatoms. The van der Waals surface area contributed by atoms with Crippen molar-refractivity contribution in [2.45, 2.75) is 47.2 Å². The van der Waals surface area contributed by atoms with Crippen LogP contribution in [0.15, 0.2) is 51.9 Å². The predicted octanol–water partition coefficient (Wildman–Crippen LogP) is 1.88. The minimum atomic E-state index is -0.936. The summed E-state index contributed by atoms with van der Waals surface area (Å²) in [5.74, 6) is -0.417. The summed E-state index contributed by atoms with van der Waals surface area (Å²) in [5, 5.41) is 2.61. The van der Waals surface area contributed by atoms with Gasteiger partial charge in [0.25, 0.3) is 11.8 Å². The van der Waals surface area contributed by atoms with Crippen LogP contribution in [0, 0.1) is 20.8 Å². The highest BCUT2D eigenvalue weighted by Crippen LogP contribution is 2.37. The van der Waals surface area contributed by atoms with E-state index in [4.69, 9.17) is 25.9 Å². The van der Waals surface area contributed by atoms with Crippen LogP contribution in [0.3, 0.4) is 0 Å². The van der Waals surface area contributed by atoms with Gasteiger partial charge in [-0.25, -0.2) is 9.79 Å². The molecule has 3 aromatic rings. The molecule has 0 saturated carbocycles. The first kappa shape index (κ1) is 29.2. The number of hydrogen-bond acceptors (Lipinski definition) is 7. The Balaban J connectivity index is 1.88. The summed E-state index contributed by atoms with van der Waals surface area (Å²) >= 11 is 0. The van der Waals surface area contributed by atoms with Gasteiger partial charge in [0.1, 0.15) is 11.1 Å². The maximum Gasteiger partial charge on any atom is 0.330 e. The highest BCUT2D eigenvalue weighted by molar-refractivity contribution is 6.17. The van der Waals surface area contributed by atoms with Gasteiger partial charge in [-0.05, 0) is 62.9 Å². The predicted molar refractivity (Wildman–Crippen MR) is 156 cm³/mol. The van der Waals surface area contributed by atoms with Crippen molar-refractivity contribution in [3.8, 4) is 22.8 Å². The summed E-state index contributed by atoms with van der Waals surface area (Å²) in [6.07, 6.45) is 1.49. The van der Waals surface area contributed by atoms with E-state index in [-0.39, 0.29) is 24.4 Å². The minimum absolute atomic E-state index is 0.0409. The molecule has 216 valence electrons. The summed E-state index contributed by atoms with van der Waals surface area (Å²) in [5.41, 5.74) is 16.8. The number of nitrogens with zero attached hydrogens (tertiary/aromatic N) is 3. The molecule has 2 amide bonds. The fourth-order valence-corrected chi connectivity index (χ4v) is 5.18. The van der Waals surface area contributed by atoms with Crippen molar-refractivity contribution in [2.24, 2.45) is 16.5 Å². The maximum atomic E-state index is 13.9. The number of nitrogens with two attached hydrogens (primary N) is 2. The van der Waals surface area contributed by atoms with Crippen molar-refractivity contribution < 1.29 is 19.1 Å². The molecule has 0 atom stereocenters. The minimum Gasteiger partial charge on any atom is -0.493 e. The van der Waals surface area contributed by atoms with E-state index in [2.05, 4.69) is 5.32 Å². The Morgan fingerprint density at radius 1 is 1.10 bits per heavy atom. The van der Waals surface area contributed by atoms with Gasteiger partial charge in [-0.15, -0.1) is 0 Å². The first-order valence-electron chi connectivity index (χ1n) is 13.4. The SMILES string of the molecule is CCOc1cc2c(cc1OC)-c1cc(=Nc3c(C)cc(C)cc3C)n(CCNC(=O)/C(=C/N)C(N)=O)c(=O)n1CC2. The standard InChI is InChI=1S/C30H36N6O5/c1-6-41-25-13-20-7-9-35-23(21(20)14-24(25)40-5)15-26(34-27-18(3)11-17(2)12-19(27)4)36(30(35)39)10-8-33-29(38)22(16-31)28(32)37/h11-16H,6-10,31H2,1-5H3,(H2,32,37)(H,33,38)/b22-16+,34-26?. The third kappa shape index (κ3) is 5.88. The molecular formula is C30H36N6O5. The third-order valence-corrected chi connectivity index (χ3v) is 7.02. The summed E-state index contributed by atoms with van der Waals surface area (Å²) in [6, 6.07) is 9.83. The molecule has 1 aliphatic rings. The number of aromatic nitrogens is 2. The highest BCUT2D eigenvalue weighted by Gasteiger charge is 2.23. The number of aryl methyl sites for hydroxylation is 4. The second kappa shape index (κ2) is 12.2. The molecule has 1 aromatic heterocycles. The zero-order chi connectivity index (χ0) is 29.8. The summed E-state index contributed by atoms with van der Waals surface area (Å²) in [6.45, 7) is 9.00. The Hall–Kier alpha value is -4.80. The first-order valence-corrected chi connectivity index (χ1v) is 13.4. The molecule has 1 aliphatic heterocycles. The van der Waals surface area contributed by atoms with E-state index >= 15 is 0 Å². The lowest BCUT2D eigenvalue weighted by molar-refractivity contribution is -0.122. The van der Waals surface area contributed by atoms with E-state index in [0.29, 0.717) is 42.3 Å². The van der Waals surface area contributed by atoms with Gasteiger partial charge in [0.2, 0.25) is 0 Å². The van der Waals surface area contributed by atoms with E-state index in [1.165, 1.54) is 4.57 Å². The van der Waals surface area contributed by atoms with Gasteiger partial charge in [0, 0.05) is 37.5 Å². The number of ether oxygens (including phenoxy) is 2. The Kier molecular flexibility index (Phi) is 8.65. The number of primary amides is 1. The van der Waals surface area contributed by atoms with Gasteiger partial charge in [-0.3, -0.25) is 18.7 Å². The van der Waals surface area contributed by atoms with E-state index in [9.17, 15) is 14.4 Å². The smallest absolute Gasteiger partial charge is 0.330 e. The summed E-state index contributed by atoms with van der Waals surface area (Å²) in [4.78, 5) is 42.8. The lowest BCUT2D eigenvalue weighted by Gasteiger charge is -2.25. The largest absolute Gasteiger partial charge is 0.493 e. The second-order valence-corrected chi connectivity index (χ2v) is 9.88. The molecule has 0 saturated heterocycles. The Bertz CT molecular complexity index is 1660. The number of methoxy groups -OCH3 is 1. The van der Waals surface area contributed by atoms with Crippen LogP contribution in [-0.2, 0) is 29.1 Å². The molecule has 5 N–H and O–H groups in total. The van der Waals surface area contributed by atoms with E-state index in [1.54, 1.807) is 11.7 Å². The highest BCUT2D eigenvalue weighted by atomic mass is 16.5. The van der Waals surface area contributed by atoms with Crippen LogP contribution in [0.2, 0.25) is 0 Å². The second-order valence-electron chi connectivity index (χ2n) is 9.88. The molecule has 0 radical (unpaired) electrons. The van der Waals surface area contributed by atoms with Crippen LogP contribution in [0.4, 0.5) is 5.69 Å². The Morgan fingerprint density at radius 3 is 2.41 bits per heavy atom. The molecule has 0 fully saturated rings. The van der Waals surface area contributed by atoms with Crippen LogP contribution < -0.4 is 37.4 Å². The number of nitrogens with one attached hydrogen (secondary N) is 1. The molecule has 41 heavy (non-hydrogen) atoms. The van der Waals surface area contributed by atoms with Crippen molar-refractivity contribution in [3.63, 3.8) is 0 Å².